The molecular weight excluding hydrogens is 288 g/mol. The third-order valence-corrected chi connectivity index (χ3v) is 4.41. The number of nitrogens with two attached hydrogens (primary N) is 1. The molecule has 0 spiro atoms. The Labute approximate surface area is 116 Å². The Balaban J connectivity index is 2.38. The number of benzene rings is 1. The largest absolute Gasteiger partial charge is 0.398 e. The minimum atomic E-state index is -3.86. The van der Waals surface area contributed by atoms with Crippen LogP contribution >= 0.6 is 11.6 Å². The van der Waals surface area contributed by atoms with E-state index in [0.29, 0.717) is 0 Å². The molecule has 0 saturated carbocycles. The van der Waals surface area contributed by atoms with E-state index in [1.54, 1.807) is 12.1 Å². The first-order chi connectivity index (χ1) is 8.94. The van der Waals surface area contributed by atoms with Gasteiger partial charge in [0.1, 0.15) is 4.90 Å². The van der Waals surface area contributed by atoms with Gasteiger partial charge in [0.15, 0.2) is 5.82 Å². The molecule has 102 valence electrons. The van der Waals surface area contributed by atoms with Crippen molar-refractivity contribution < 1.29 is 8.42 Å². The summed E-state index contributed by atoms with van der Waals surface area (Å²) in [4.78, 5) is -0.141. The number of hydrogen-bond donors (Lipinski definition) is 3. The number of sulfonamides is 1. The topological polar surface area (TPSA) is 101 Å². The predicted molar refractivity (Wildman–Crippen MR) is 74.6 cm³/mol. The van der Waals surface area contributed by atoms with E-state index >= 15 is 0 Å². The van der Waals surface area contributed by atoms with Gasteiger partial charge in [0.05, 0.1) is 10.7 Å². The van der Waals surface area contributed by atoms with Gasteiger partial charge in [-0.3, -0.25) is 9.82 Å². The quantitative estimate of drug-likeness (QED) is 0.752. The van der Waals surface area contributed by atoms with E-state index in [1.165, 1.54) is 12.1 Å². The average Bonchev–Trinajstić information content (AvgIpc) is 2.75. The molecule has 1 heterocycles. The Hall–Kier alpha value is -1.73. The van der Waals surface area contributed by atoms with Crippen LogP contribution in [0.4, 0.5) is 11.5 Å². The zero-order valence-corrected chi connectivity index (χ0v) is 11.7. The summed E-state index contributed by atoms with van der Waals surface area (Å²) >= 11 is 5.89. The number of nitrogens with one attached hydrogen (secondary N) is 2. The fourth-order valence-electron chi connectivity index (χ4n) is 1.59. The Morgan fingerprint density at radius 3 is 2.79 bits per heavy atom. The minimum Gasteiger partial charge on any atom is -0.398 e. The molecule has 8 heteroatoms. The Morgan fingerprint density at radius 2 is 2.21 bits per heavy atom. The normalized spacial score (nSPS) is 11.5. The van der Waals surface area contributed by atoms with Gasteiger partial charge in [0.25, 0.3) is 10.0 Å². The van der Waals surface area contributed by atoms with Crippen LogP contribution in [0.1, 0.15) is 12.6 Å². The van der Waals surface area contributed by atoms with Gasteiger partial charge in [-0.1, -0.05) is 24.6 Å². The van der Waals surface area contributed by atoms with Gasteiger partial charge in [-0.15, -0.1) is 0 Å². The maximum absolute atomic E-state index is 12.2. The van der Waals surface area contributed by atoms with Crippen molar-refractivity contribution in [2.45, 2.75) is 18.2 Å². The van der Waals surface area contributed by atoms with Gasteiger partial charge >= 0.3 is 0 Å². The molecule has 2 rings (SSSR count). The number of aromatic amines is 1. The molecule has 0 fully saturated rings. The zero-order chi connectivity index (χ0) is 14.0. The van der Waals surface area contributed by atoms with Crippen molar-refractivity contribution >= 4 is 33.1 Å². The maximum atomic E-state index is 12.2. The van der Waals surface area contributed by atoms with E-state index in [2.05, 4.69) is 14.9 Å². The average molecular weight is 301 g/mol. The second-order valence-electron chi connectivity index (χ2n) is 3.90. The van der Waals surface area contributed by atoms with Crippen LogP contribution in [0, 0.1) is 0 Å². The molecule has 1 aromatic heterocycles. The number of hydrogen-bond acceptors (Lipinski definition) is 4. The predicted octanol–water partition coefficient (Wildman–Crippen LogP) is 2.01. The van der Waals surface area contributed by atoms with Crippen LogP contribution < -0.4 is 10.5 Å². The van der Waals surface area contributed by atoms with E-state index in [9.17, 15) is 8.42 Å². The van der Waals surface area contributed by atoms with Crippen LogP contribution in [0.3, 0.4) is 0 Å². The number of nitrogen functional groups attached to an aromatic ring is 1. The third kappa shape index (κ3) is 2.82. The molecule has 19 heavy (non-hydrogen) atoms. The first-order valence-electron chi connectivity index (χ1n) is 5.55. The molecule has 0 atom stereocenters. The lowest BCUT2D eigenvalue weighted by Gasteiger charge is -2.09. The summed E-state index contributed by atoms with van der Waals surface area (Å²) in [5.74, 6) is 0.205. The number of nitrogens with zero attached hydrogens (tertiary/aromatic N) is 1. The molecule has 0 bridgehead atoms. The third-order valence-electron chi connectivity index (χ3n) is 2.52. The summed E-state index contributed by atoms with van der Waals surface area (Å²) in [6.07, 6.45) is 0.725. The van der Waals surface area contributed by atoms with Crippen molar-refractivity contribution in [2.24, 2.45) is 0 Å². The summed E-state index contributed by atoms with van der Waals surface area (Å²) in [5.41, 5.74) is 6.57. The molecule has 0 aliphatic carbocycles. The molecule has 0 amide bonds. The molecule has 0 aliphatic rings. The van der Waals surface area contributed by atoms with Gasteiger partial charge in [-0.05, 0) is 18.6 Å². The number of aromatic nitrogens is 2. The van der Waals surface area contributed by atoms with Crippen LogP contribution in [-0.4, -0.2) is 18.6 Å². The first-order valence-corrected chi connectivity index (χ1v) is 7.41. The standard InChI is InChI=1S/C11H13ClN4O2S/c1-2-7-6-10(15-14-7)16-19(17,18)11-8(12)4-3-5-9(11)13/h3-6H,2,13H2,1H3,(H2,14,15,16). The van der Waals surface area contributed by atoms with E-state index in [0.717, 1.165) is 12.1 Å². The second kappa shape index (κ2) is 5.10. The monoisotopic (exact) mass is 300 g/mol. The lowest BCUT2D eigenvalue weighted by atomic mass is 10.3. The number of H-pyrrole nitrogens is 1. The summed E-state index contributed by atoms with van der Waals surface area (Å²) in [6, 6.07) is 6.14. The van der Waals surface area contributed by atoms with Crippen LogP contribution in [0.25, 0.3) is 0 Å². The number of anilines is 2. The van der Waals surface area contributed by atoms with Gasteiger partial charge in [0.2, 0.25) is 0 Å². The lowest BCUT2D eigenvalue weighted by molar-refractivity contribution is 0.601. The highest BCUT2D eigenvalue weighted by Gasteiger charge is 2.22. The van der Waals surface area contributed by atoms with Gasteiger partial charge in [-0.25, -0.2) is 8.42 Å². The van der Waals surface area contributed by atoms with E-state index < -0.39 is 10.0 Å². The smallest absolute Gasteiger partial charge is 0.266 e. The number of aryl methyl sites for hydroxylation is 1. The number of halogens is 1. The van der Waals surface area contributed by atoms with Gasteiger partial charge in [0, 0.05) is 11.8 Å². The SMILES string of the molecule is CCc1cc(NS(=O)(=O)c2c(N)cccc2Cl)n[nH]1. The minimum absolute atomic E-state index is 0.0683. The van der Waals surface area contributed by atoms with Crippen molar-refractivity contribution in [1.29, 1.82) is 0 Å². The number of rotatable bonds is 4. The van der Waals surface area contributed by atoms with Crippen LogP contribution in [0.15, 0.2) is 29.2 Å². The fraction of sp³-hybridized carbons (Fsp3) is 0.182. The molecule has 0 saturated heterocycles. The van der Waals surface area contributed by atoms with E-state index in [1.807, 2.05) is 6.92 Å². The van der Waals surface area contributed by atoms with Crippen molar-refractivity contribution in [3.8, 4) is 0 Å². The van der Waals surface area contributed by atoms with Crippen molar-refractivity contribution in [1.82, 2.24) is 10.2 Å². The van der Waals surface area contributed by atoms with Crippen molar-refractivity contribution in [3.63, 3.8) is 0 Å². The molecule has 2 aromatic rings. The molecule has 0 unspecified atom stereocenters. The van der Waals surface area contributed by atoms with E-state index in [4.69, 9.17) is 17.3 Å². The molecule has 1 aromatic carbocycles. The fourth-order valence-corrected chi connectivity index (χ4v) is 3.26. The van der Waals surface area contributed by atoms with Crippen LogP contribution in [-0.2, 0) is 16.4 Å². The zero-order valence-electron chi connectivity index (χ0n) is 10.1. The molecule has 4 N–H and O–H groups in total. The lowest BCUT2D eigenvalue weighted by Crippen LogP contribution is -2.15. The molecule has 0 aliphatic heterocycles. The van der Waals surface area contributed by atoms with Crippen molar-refractivity contribution in [3.05, 3.63) is 35.0 Å². The highest BCUT2D eigenvalue weighted by Crippen LogP contribution is 2.28. The summed E-state index contributed by atoms with van der Waals surface area (Å²) in [6.45, 7) is 1.93. The van der Waals surface area contributed by atoms with Gasteiger partial charge in [-0.2, -0.15) is 5.10 Å². The highest BCUT2D eigenvalue weighted by molar-refractivity contribution is 7.93. The summed E-state index contributed by atoms with van der Waals surface area (Å²) in [7, 11) is -3.86. The second-order valence-corrected chi connectivity index (χ2v) is 5.92. The van der Waals surface area contributed by atoms with Crippen LogP contribution in [0.5, 0.6) is 0 Å². The van der Waals surface area contributed by atoms with Gasteiger partial charge < -0.3 is 5.73 Å². The van der Waals surface area contributed by atoms with Crippen molar-refractivity contribution in [2.75, 3.05) is 10.5 Å². The van der Waals surface area contributed by atoms with E-state index in [-0.39, 0.29) is 21.4 Å². The Morgan fingerprint density at radius 1 is 1.47 bits per heavy atom. The Kier molecular flexibility index (Phi) is 3.68. The molecule has 6 nitrogen and oxygen atoms in total. The first kappa shape index (κ1) is 13.7. The van der Waals surface area contributed by atoms with Crippen LogP contribution in [0.2, 0.25) is 5.02 Å². The maximum Gasteiger partial charge on any atom is 0.266 e. The summed E-state index contributed by atoms with van der Waals surface area (Å²) < 4.78 is 26.8. The molecule has 0 radical (unpaired) electrons. The Bertz CT molecular complexity index is 676. The molecular formula is C11H13ClN4O2S. The summed E-state index contributed by atoms with van der Waals surface area (Å²) in [5, 5.41) is 6.64. The highest BCUT2D eigenvalue weighted by atomic mass is 35.5.